The molecule has 0 saturated carbocycles. The minimum absolute atomic E-state index is 0.492. The molecule has 1 nitrogen and oxygen atoms in total. The van der Waals surface area contributed by atoms with Gasteiger partial charge in [0.25, 0.3) is 0 Å². The molecule has 0 aliphatic heterocycles. The first kappa shape index (κ1) is 18.0. The van der Waals surface area contributed by atoms with Gasteiger partial charge in [0, 0.05) is 10.9 Å². The van der Waals surface area contributed by atoms with E-state index in [-0.39, 0.29) is 0 Å². The number of halogens is 1. The molecule has 0 bridgehead atoms. The van der Waals surface area contributed by atoms with E-state index < -0.39 is 0 Å². The van der Waals surface area contributed by atoms with Gasteiger partial charge in [-0.05, 0) is 31.5 Å². The maximum atomic E-state index is 6.20. The Bertz CT molecular complexity index is 342. The van der Waals surface area contributed by atoms with Crippen LogP contribution in [0.2, 0.25) is 4.34 Å². The fraction of sp³-hybridized carbons (Fsp3) is 0.765. The van der Waals surface area contributed by atoms with E-state index in [1.165, 1.54) is 61.8 Å². The van der Waals surface area contributed by atoms with Gasteiger partial charge >= 0.3 is 0 Å². The Hall–Kier alpha value is -0.0500. The second-order valence-corrected chi connectivity index (χ2v) is 7.31. The standard InChI is InChI=1S/C17H30ClNS/c1-4-6-7-8-9-10-11-12-15(19-5-2)16-13-14(3)17(18)20-16/h13,15,19H,4-12H2,1-3H3. The van der Waals surface area contributed by atoms with Crippen LogP contribution in [0.15, 0.2) is 6.07 Å². The summed E-state index contributed by atoms with van der Waals surface area (Å²) >= 11 is 7.94. The van der Waals surface area contributed by atoms with Crippen LogP contribution in [0.25, 0.3) is 0 Å². The highest BCUT2D eigenvalue weighted by Crippen LogP contribution is 2.33. The summed E-state index contributed by atoms with van der Waals surface area (Å²) in [6.45, 7) is 7.57. The molecule has 0 saturated heterocycles. The van der Waals surface area contributed by atoms with Crippen molar-refractivity contribution in [2.24, 2.45) is 0 Å². The van der Waals surface area contributed by atoms with Gasteiger partial charge in [0.15, 0.2) is 0 Å². The van der Waals surface area contributed by atoms with Gasteiger partial charge in [-0.3, -0.25) is 0 Å². The lowest BCUT2D eigenvalue weighted by Crippen LogP contribution is -2.19. The van der Waals surface area contributed by atoms with Crippen molar-refractivity contribution in [3.63, 3.8) is 0 Å². The third kappa shape index (κ3) is 6.60. The number of unbranched alkanes of at least 4 members (excludes halogenated alkanes) is 6. The summed E-state index contributed by atoms with van der Waals surface area (Å²) in [5.74, 6) is 0. The van der Waals surface area contributed by atoms with Crippen LogP contribution in [-0.2, 0) is 0 Å². The molecule has 0 fully saturated rings. The molecule has 116 valence electrons. The highest BCUT2D eigenvalue weighted by molar-refractivity contribution is 7.16. The fourth-order valence-corrected chi connectivity index (χ4v) is 3.88. The van der Waals surface area contributed by atoms with E-state index in [1.54, 1.807) is 11.3 Å². The zero-order chi connectivity index (χ0) is 14.8. The Labute approximate surface area is 134 Å². The van der Waals surface area contributed by atoms with Crippen molar-refractivity contribution in [2.45, 2.75) is 78.2 Å². The van der Waals surface area contributed by atoms with Gasteiger partial charge in [0.1, 0.15) is 0 Å². The quantitative estimate of drug-likeness (QED) is 0.459. The molecule has 1 rings (SSSR count). The zero-order valence-corrected chi connectivity index (χ0v) is 14.9. The predicted octanol–water partition coefficient (Wildman–Crippen LogP) is 6.50. The minimum Gasteiger partial charge on any atom is -0.310 e. The lowest BCUT2D eigenvalue weighted by atomic mass is 10.0. The second kappa shape index (κ2) is 10.6. The topological polar surface area (TPSA) is 12.0 Å². The lowest BCUT2D eigenvalue weighted by Gasteiger charge is -2.16. The van der Waals surface area contributed by atoms with Crippen LogP contribution in [0.1, 0.15) is 81.7 Å². The van der Waals surface area contributed by atoms with Gasteiger partial charge in [-0.15, -0.1) is 11.3 Å². The van der Waals surface area contributed by atoms with Crippen LogP contribution in [0.4, 0.5) is 0 Å². The molecule has 0 aliphatic rings. The first-order chi connectivity index (χ1) is 9.69. The summed E-state index contributed by atoms with van der Waals surface area (Å²) in [6, 6.07) is 2.74. The molecule has 1 atom stereocenters. The van der Waals surface area contributed by atoms with E-state index in [1.807, 2.05) is 0 Å². The third-order valence-electron chi connectivity index (χ3n) is 3.77. The largest absolute Gasteiger partial charge is 0.310 e. The number of nitrogens with one attached hydrogen (secondary N) is 1. The minimum atomic E-state index is 0.492. The molecular weight excluding hydrogens is 286 g/mol. The Morgan fingerprint density at radius 3 is 2.30 bits per heavy atom. The Balaban J connectivity index is 2.29. The normalized spacial score (nSPS) is 12.8. The molecule has 1 aromatic heterocycles. The summed E-state index contributed by atoms with van der Waals surface area (Å²) < 4.78 is 0.947. The van der Waals surface area contributed by atoms with Crippen LogP contribution >= 0.6 is 22.9 Å². The summed E-state index contributed by atoms with van der Waals surface area (Å²) in [7, 11) is 0. The first-order valence-electron chi connectivity index (χ1n) is 8.18. The molecule has 20 heavy (non-hydrogen) atoms. The van der Waals surface area contributed by atoms with Crippen molar-refractivity contribution in [2.75, 3.05) is 6.54 Å². The van der Waals surface area contributed by atoms with Crippen molar-refractivity contribution in [3.05, 3.63) is 20.8 Å². The van der Waals surface area contributed by atoms with Crippen LogP contribution in [-0.4, -0.2) is 6.54 Å². The molecule has 3 heteroatoms. The number of aryl methyl sites for hydroxylation is 1. The van der Waals surface area contributed by atoms with Crippen LogP contribution in [0.3, 0.4) is 0 Å². The van der Waals surface area contributed by atoms with E-state index in [0.29, 0.717) is 6.04 Å². The van der Waals surface area contributed by atoms with Gasteiger partial charge in [-0.1, -0.05) is 70.4 Å². The van der Waals surface area contributed by atoms with Crippen LogP contribution in [0.5, 0.6) is 0 Å². The maximum Gasteiger partial charge on any atom is 0.0960 e. The average Bonchev–Trinajstić information content (AvgIpc) is 2.76. The maximum absolute atomic E-state index is 6.20. The number of hydrogen-bond acceptors (Lipinski definition) is 2. The zero-order valence-electron chi connectivity index (χ0n) is 13.3. The summed E-state index contributed by atoms with van der Waals surface area (Å²) in [5, 5.41) is 3.60. The van der Waals surface area contributed by atoms with Gasteiger partial charge in [-0.2, -0.15) is 0 Å². The molecule has 1 heterocycles. The molecule has 1 unspecified atom stereocenters. The first-order valence-corrected chi connectivity index (χ1v) is 9.37. The Morgan fingerprint density at radius 1 is 1.10 bits per heavy atom. The number of rotatable bonds is 11. The van der Waals surface area contributed by atoms with E-state index in [0.717, 1.165) is 10.9 Å². The second-order valence-electron chi connectivity index (χ2n) is 5.63. The SMILES string of the molecule is CCCCCCCCCC(NCC)c1cc(C)c(Cl)s1. The van der Waals surface area contributed by atoms with Crippen molar-refractivity contribution in [1.82, 2.24) is 5.32 Å². The fourth-order valence-electron chi connectivity index (χ4n) is 2.55. The molecule has 0 aliphatic carbocycles. The molecule has 0 amide bonds. The lowest BCUT2D eigenvalue weighted by molar-refractivity contribution is 0.481. The molecular formula is C17H30ClNS. The summed E-state index contributed by atoms with van der Waals surface area (Å²) in [6.07, 6.45) is 10.9. The molecule has 1 N–H and O–H groups in total. The van der Waals surface area contributed by atoms with Gasteiger partial charge in [0.2, 0.25) is 0 Å². The van der Waals surface area contributed by atoms with Crippen molar-refractivity contribution in [3.8, 4) is 0 Å². The summed E-state index contributed by atoms with van der Waals surface area (Å²) in [4.78, 5) is 1.40. The van der Waals surface area contributed by atoms with Crippen molar-refractivity contribution < 1.29 is 0 Å². The van der Waals surface area contributed by atoms with Gasteiger partial charge in [0.05, 0.1) is 4.34 Å². The number of thiophene rings is 1. The van der Waals surface area contributed by atoms with E-state index >= 15 is 0 Å². The van der Waals surface area contributed by atoms with E-state index in [9.17, 15) is 0 Å². The van der Waals surface area contributed by atoms with Crippen molar-refractivity contribution >= 4 is 22.9 Å². The molecule has 0 spiro atoms. The Morgan fingerprint density at radius 2 is 1.75 bits per heavy atom. The average molecular weight is 316 g/mol. The third-order valence-corrected chi connectivity index (χ3v) is 5.44. The monoisotopic (exact) mass is 315 g/mol. The highest BCUT2D eigenvalue weighted by Gasteiger charge is 2.14. The van der Waals surface area contributed by atoms with Crippen LogP contribution in [0, 0.1) is 6.92 Å². The molecule has 0 aromatic carbocycles. The van der Waals surface area contributed by atoms with Crippen LogP contribution < -0.4 is 5.32 Å². The van der Waals surface area contributed by atoms with E-state index in [4.69, 9.17) is 11.6 Å². The van der Waals surface area contributed by atoms with Crippen molar-refractivity contribution in [1.29, 1.82) is 0 Å². The van der Waals surface area contributed by atoms with Gasteiger partial charge in [-0.25, -0.2) is 0 Å². The summed E-state index contributed by atoms with van der Waals surface area (Å²) in [5.41, 5.74) is 1.22. The highest BCUT2D eigenvalue weighted by atomic mass is 35.5. The predicted molar refractivity (Wildman–Crippen MR) is 93.1 cm³/mol. The number of hydrogen-bond donors (Lipinski definition) is 1. The van der Waals surface area contributed by atoms with E-state index in [2.05, 4.69) is 32.2 Å². The molecule has 1 aromatic rings. The molecule has 0 radical (unpaired) electrons. The smallest absolute Gasteiger partial charge is 0.0960 e. The van der Waals surface area contributed by atoms with Gasteiger partial charge < -0.3 is 5.32 Å². The Kier molecular flexibility index (Phi) is 9.58.